The van der Waals surface area contributed by atoms with Gasteiger partial charge in [0.15, 0.2) is 17.3 Å². The van der Waals surface area contributed by atoms with Crippen molar-refractivity contribution >= 4 is 5.78 Å². The van der Waals surface area contributed by atoms with Crippen molar-refractivity contribution in [1.29, 1.82) is 0 Å². The topological polar surface area (TPSA) is 38.8 Å². The molecule has 0 radical (unpaired) electrons. The highest BCUT2D eigenvalue weighted by molar-refractivity contribution is 5.98. The molecule has 108 valence electrons. The van der Waals surface area contributed by atoms with Crippen LogP contribution in [0, 0.1) is 5.92 Å². The van der Waals surface area contributed by atoms with Crippen molar-refractivity contribution in [2.45, 2.75) is 26.2 Å². The lowest BCUT2D eigenvalue weighted by atomic mass is 9.94. The molecule has 1 aromatic carbocycles. The van der Waals surface area contributed by atoms with Gasteiger partial charge in [0.25, 0.3) is 0 Å². The Kier molecular flexibility index (Phi) is 3.92. The van der Waals surface area contributed by atoms with Crippen LogP contribution in [-0.4, -0.2) is 37.1 Å². The molecule has 2 aliphatic rings. The predicted octanol–water partition coefficient (Wildman–Crippen LogP) is 2.72. The molecule has 0 N–H and O–H groups in total. The second-order valence-corrected chi connectivity index (χ2v) is 5.55. The average molecular weight is 275 g/mol. The first-order valence-electron chi connectivity index (χ1n) is 7.44. The van der Waals surface area contributed by atoms with E-state index in [2.05, 4.69) is 11.8 Å². The summed E-state index contributed by atoms with van der Waals surface area (Å²) in [7, 11) is 0. The zero-order chi connectivity index (χ0) is 13.9. The lowest BCUT2D eigenvalue weighted by Crippen LogP contribution is -2.31. The van der Waals surface area contributed by atoms with Crippen LogP contribution in [-0.2, 0) is 0 Å². The van der Waals surface area contributed by atoms with E-state index in [9.17, 15) is 4.79 Å². The quantitative estimate of drug-likeness (QED) is 0.775. The van der Waals surface area contributed by atoms with Gasteiger partial charge in [-0.2, -0.15) is 0 Å². The fraction of sp³-hybridized carbons (Fsp3) is 0.562. The van der Waals surface area contributed by atoms with Gasteiger partial charge in [-0.3, -0.25) is 4.79 Å². The SMILES string of the molecule is CCC(CN1CCCC1)C(=O)c1ccc2c(c1)OCO2. The number of ether oxygens (including phenoxy) is 2. The molecule has 0 bridgehead atoms. The molecule has 1 fully saturated rings. The summed E-state index contributed by atoms with van der Waals surface area (Å²) in [5, 5.41) is 0. The predicted molar refractivity (Wildman–Crippen MR) is 76.4 cm³/mol. The number of fused-ring (bicyclic) bond motifs is 1. The van der Waals surface area contributed by atoms with Gasteiger partial charge in [-0.25, -0.2) is 0 Å². The van der Waals surface area contributed by atoms with Gasteiger partial charge in [-0.05, 0) is 50.6 Å². The summed E-state index contributed by atoms with van der Waals surface area (Å²) >= 11 is 0. The number of benzene rings is 1. The Labute approximate surface area is 119 Å². The first-order chi connectivity index (χ1) is 9.78. The molecule has 2 aliphatic heterocycles. The molecule has 1 aromatic rings. The average Bonchev–Trinajstić information content (AvgIpc) is 3.14. The number of hydrogen-bond donors (Lipinski definition) is 0. The van der Waals surface area contributed by atoms with E-state index in [4.69, 9.17) is 9.47 Å². The number of hydrogen-bond acceptors (Lipinski definition) is 4. The van der Waals surface area contributed by atoms with Crippen molar-refractivity contribution in [2.75, 3.05) is 26.4 Å². The zero-order valence-electron chi connectivity index (χ0n) is 11.9. The van der Waals surface area contributed by atoms with Crippen molar-refractivity contribution in [3.63, 3.8) is 0 Å². The monoisotopic (exact) mass is 275 g/mol. The molecule has 0 spiro atoms. The van der Waals surface area contributed by atoms with Gasteiger partial charge >= 0.3 is 0 Å². The molecule has 0 saturated carbocycles. The highest BCUT2D eigenvalue weighted by Gasteiger charge is 2.24. The maximum atomic E-state index is 12.6. The summed E-state index contributed by atoms with van der Waals surface area (Å²) in [4.78, 5) is 15.0. The Balaban J connectivity index is 1.72. The number of likely N-dealkylation sites (tertiary alicyclic amines) is 1. The Morgan fingerprint density at radius 1 is 1.25 bits per heavy atom. The second kappa shape index (κ2) is 5.83. The Bertz CT molecular complexity index is 494. The molecule has 1 saturated heterocycles. The van der Waals surface area contributed by atoms with Gasteiger partial charge in [0, 0.05) is 18.0 Å². The van der Waals surface area contributed by atoms with Crippen molar-refractivity contribution in [2.24, 2.45) is 5.92 Å². The lowest BCUT2D eigenvalue weighted by Gasteiger charge is -2.21. The summed E-state index contributed by atoms with van der Waals surface area (Å²) in [6.45, 7) is 5.48. The molecule has 0 aromatic heterocycles. The molecule has 2 heterocycles. The van der Waals surface area contributed by atoms with Crippen LogP contribution in [0.15, 0.2) is 18.2 Å². The van der Waals surface area contributed by atoms with Crippen LogP contribution in [0.5, 0.6) is 11.5 Å². The van der Waals surface area contributed by atoms with E-state index >= 15 is 0 Å². The fourth-order valence-corrected chi connectivity index (χ4v) is 2.96. The van der Waals surface area contributed by atoms with Gasteiger partial charge in [-0.1, -0.05) is 6.92 Å². The summed E-state index contributed by atoms with van der Waals surface area (Å²) < 4.78 is 10.6. The first kappa shape index (κ1) is 13.4. The van der Waals surface area contributed by atoms with Crippen LogP contribution < -0.4 is 9.47 Å². The molecule has 4 heteroatoms. The van der Waals surface area contributed by atoms with Crippen molar-refractivity contribution in [3.05, 3.63) is 23.8 Å². The number of ketones is 1. The van der Waals surface area contributed by atoms with E-state index in [1.165, 1.54) is 12.8 Å². The minimum Gasteiger partial charge on any atom is -0.454 e. The number of rotatable bonds is 5. The van der Waals surface area contributed by atoms with E-state index in [1.54, 1.807) is 0 Å². The molecule has 20 heavy (non-hydrogen) atoms. The van der Waals surface area contributed by atoms with Crippen LogP contribution in [0.1, 0.15) is 36.5 Å². The lowest BCUT2D eigenvalue weighted by molar-refractivity contribution is 0.0885. The van der Waals surface area contributed by atoms with Crippen LogP contribution in [0.25, 0.3) is 0 Å². The summed E-state index contributed by atoms with van der Waals surface area (Å²) in [5.74, 6) is 1.71. The van der Waals surface area contributed by atoms with Gasteiger partial charge in [-0.15, -0.1) is 0 Å². The molecule has 1 atom stereocenters. The molecular weight excluding hydrogens is 254 g/mol. The number of carbonyl (C=O) groups excluding carboxylic acids is 1. The van der Waals surface area contributed by atoms with Gasteiger partial charge in [0.1, 0.15) is 0 Å². The van der Waals surface area contributed by atoms with Crippen molar-refractivity contribution < 1.29 is 14.3 Å². The maximum Gasteiger partial charge on any atom is 0.231 e. The van der Waals surface area contributed by atoms with E-state index in [-0.39, 0.29) is 18.5 Å². The Morgan fingerprint density at radius 3 is 2.75 bits per heavy atom. The summed E-state index contributed by atoms with van der Waals surface area (Å²) in [6, 6.07) is 5.50. The van der Waals surface area contributed by atoms with E-state index in [1.807, 2.05) is 18.2 Å². The summed E-state index contributed by atoms with van der Waals surface area (Å²) in [6.07, 6.45) is 3.40. The number of carbonyl (C=O) groups is 1. The third-order valence-corrected chi connectivity index (χ3v) is 4.20. The van der Waals surface area contributed by atoms with Gasteiger partial charge < -0.3 is 14.4 Å². The molecular formula is C16H21NO3. The second-order valence-electron chi connectivity index (χ2n) is 5.55. The van der Waals surface area contributed by atoms with Crippen LogP contribution in [0.4, 0.5) is 0 Å². The highest BCUT2D eigenvalue weighted by Crippen LogP contribution is 2.33. The molecule has 3 rings (SSSR count). The maximum absolute atomic E-state index is 12.6. The van der Waals surface area contributed by atoms with Crippen LogP contribution in [0.2, 0.25) is 0 Å². The van der Waals surface area contributed by atoms with Crippen molar-refractivity contribution in [1.82, 2.24) is 4.90 Å². The molecule has 0 aliphatic carbocycles. The third-order valence-electron chi connectivity index (χ3n) is 4.20. The summed E-state index contributed by atoms with van der Waals surface area (Å²) in [5.41, 5.74) is 0.736. The van der Waals surface area contributed by atoms with Crippen LogP contribution >= 0.6 is 0 Å². The number of Topliss-reactive ketones (excluding diaryl/α,β-unsaturated/α-hetero) is 1. The molecule has 4 nitrogen and oxygen atoms in total. The largest absolute Gasteiger partial charge is 0.454 e. The Morgan fingerprint density at radius 2 is 2.00 bits per heavy atom. The van der Waals surface area contributed by atoms with E-state index in [0.717, 1.165) is 37.4 Å². The molecule has 0 amide bonds. The van der Waals surface area contributed by atoms with Gasteiger partial charge in [0.05, 0.1) is 0 Å². The van der Waals surface area contributed by atoms with Gasteiger partial charge in [0.2, 0.25) is 6.79 Å². The fourth-order valence-electron chi connectivity index (χ4n) is 2.96. The first-order valence-corrected chi connectivity index (χ1v) is 7.44. The zero-order valence-corrected chi connectivity index (χ0v) is 11.9. The normalized spacial score (nSPS) is 19.2. The van der Waals surface area contributed by atoms with E-state index < -0.39 is 0 Å². The third kappa shape index (κ3) is 2.66. The Hall–Kier alpha value is -1.55. The van der Waals surface area contributed by atoms with Crippen LogP contribution in [0.3, 0.4) is 0 Å². The molecule has 1 unspecified atom stereocenters. The number of nitrogens with zero attached hydrogens (tertiary/aromatic N) is 1. The van der Waals surface area contributed by atoms with E-state index in [0.29, 0.717) is 5.75 Å². The minimum atomic E-state index is 0.0773. The highest BCUT2D eigenvalue weighted by atomic mass is 16.7. The minimum absolute atomic E-state index is 0.0773. The van der Waals surface area contributed by atoms with Crippen molar-refractivity contribution in [3.8, 4) is 11.5 Å². The standard InChI is InChI=1S/C16H21NO3/c1-2-12(10-17-7-3-4-8-17)16(18)13-5-6-14-15(9-13)20-11-19-14/h5-6,9,12H,2-4,7-8,10-11H2,1H3. The smallest absolute Gasteiger partial charge is 0.231 e.